The smallest absolute Gasteiger partial charge is 0.165 e. The van der Waals surface area contributed by atoms with Gasteiger partial charge in [-0.15, -0.1) is 0 Å². The fourth-order valence-electron chi connectivity index (χ4n) is 2.30. The van der Waals surface area contributed by atoms with Crippen LogP contribution in [-0.4, -0.2) is 31.2 Å². The van der Waals surface area contributed by atoms with Gasteiger partial charge >= 0.3 is 0 Å². The number of ether oxygens (including phenoxy) is 1. The zero-order chi connectivity index (χ0) is 15.4. The van der Waals surface area contributed by atoms with E-state index in [9.17, 15) is 5.11 Å². The number of phenolic OH excluding ortho intramolecular Hbond substituents is 1. The molecule has 2 rings (SSSR count). The molecule has 21 heavy (non-hydrogen) atoms. The number of phenols is 1. The normalized spacial score (nSPS) is 11.5. The van der Waals surface area contributed by atoms with E-state index in [1.165, 1.54) is 16.4 Å². The summed E-state index contributed by atoms with van der Waals surface area (Å²) >= 11 is 0. The van der Waals surface area contributed by atoms with Crippen molar-refractivity contribution >= 4 is 19.2 Å². The minimum atomic E-state index is 0.248. The molecule has 0 aromatic heterocycles. The summed E-state index contributed by atoms with van der Waals surface area (Å²) < 4.78 is 5.19. The van der Waals surface area contributed by atoms with Crippen LogP contribution in [0.2, 0.25) is 0 Å². The largest absolute Gasteiger partial charge is 0.504 e. The van der Waals surface area contributed by atoms with Gasteiger partial charge in [-0.3, -0.25) is 0 Å². The van der Waals surface area contributed by atoms with Gasteiger partial charge in [0.15, 0.2) is 11.5 Å². The number of aromatic hydroxyl groups is 1. The summed E-state index contributed by atoms with van der Waals surface area (Å²) in [4.78, 5) is 2.16. The molecule has 0 saturated heterocycles. The van der Waals surface area contributed by atoms with Crippen LogP contribution in [0.3, 0.4) is 0 Å². The van der Waals surface area contributed by atoms with Crippen LogP contribution in [0.1, 0.15) is 11.1 Å². The van der Waals surface area contributed by atoms with E-state index in [0.29, 0.717) is 14.3 Å². The molecule has 3 nitrogen and oxygen atoms in total. The van der Waals surface area contributed by atoms with E-state index in [-0.39, 0.29) is 5.75 Å². The maximum Gasteiger partial charge on any atom is 0.165 e. The molecule has 2 aromatic carbocycles. The minimum absolute atomic E-state index is 0.248. The number of benzene rings is 2. The second-order valence-electron chi connectivity index (χ2n) is 5.33. The van der Waals surface area contributed by atoms with Crippen molar-refractivity contribution in [2.24, 2.45) is 0 Å². The van der Waals surface area contributed by atoms with Gasteiger partial charge in [0, 0.05) is 11.8 Å². The number of aryl methyl sites for hydroxylation is 1. The van der Waals surface area contributed by atoms with Gasteiger partial charge in [0.05, 0.1) is 7.11 Å². The third-order valence-electron chi connectivity index (χ3n) is 3.32. The molecule has 4 heteroatoms. The van der Waals surface area contributed by atoms with E-state index >= 15 is 0 Å². The Balaban J connectivity index is 2.39. The van der Waals surface area contributed by atoms with Crippen LogP contribution in [0.15, 0.2) is 36.4 Å². The molecule has 0 radical (unpaired) electrons. The highest BCUT2D eigenvalue weighted by Crippen LogP contribution is 2.29. The number of hydrogen-bond acceptors (Lipinski definition) is 3. The molecule has 0 heterocycles. The quantitative estimate of drug-likeness (QED) is 0.861. The Bertz CT molecular complexity index is 626. The van der Waals surface area contributed by atoms with Crippen LogP contribution < -0.4 is 15.3 Å². The number of nitrogens with zero attached hydrogens (tertiary/aromatic N) is 1. The number of hydrogen-bond donors (Lipinski definition) is 1. The van der Waals surface area contributed by atoms with E-state index in [1.54, 1.807) is 13.2 Å². The van der Waals surface area contributed by atoms with Gasteiger partial charge in [0.2, 0.25) is 0 Å². The van der Waals surface area contributed by atoms with E-state index in [1.807, 2.05) is 12.1 Å². The van der Waals surface area contributed by atoms with E-state index < -0.39 is 0 Å². The lowest BCUT2D eigenvalue weighted by Crippen LogP contribution is -2.19. The van der Waals surface area contributed by atoms with Crippen LogP contribution in [0.4, 0.5) is 0 Å². The Morgan fingerprint density at radius 3 is 2.52 bits per heavy atom. The van der Waals surface area contributed by atoms with E-state index in [0.717, 1.165) is 11.8 Å². The molecule has 0 saturated carbocycles. The predicted octanol–water partition coefficient (Wildman–Crippen LogP) is 2.40. The van der Waals surface area contributed by atoms with Crippen LogP contribution in [-0.2, 0) is 6.54 Å². The summed E-state index contributed by atoms with van der Waals surface area (Å²) in [6.07, 6.45) is 0. The molecule has 0 aliphatic rings. The first-order valence-corrected chi connectivity index (χ1v) is 7.89. The highest BCUT2D eigenvalue weighted by Gasteiger charge is 2.12. The van der Waals surface area contributed by atoms with Crippen molar-refractivity contribution in [2.45, 2.75) is 13.5 Å². The van der Waals surface area contributed by atoms with Crippen molar-refractivity contribution < 1.29 is 9.84 Å². The molecule has 0 fully saturated rings. The Morgan fingerprint density at radius 1 is 1.14 bits per heavy atom. The average molecular weight is 303 g/mol. The summed E-state index contributed by atoms with van der Waals surface area (Å²) in [7, 11) is 6.13. The predicted molar refractivity (Wildman–Crippen MR) is 90.8 cm³/mol. The van der Waals surface area contributed by atoms with Crippen LogP contribution >= 0.6 is 8.58 Å². The molecule has 0 aliphatic carbocycles. The van der Waals surface area contributed by atoms with Crippen LogP contribution in [0.25, 0.3) is 0 Å². The van der Waals surface area contributed by atoms with Gasteiger partial charge in [-0.25, -0.2) is 0 Å². The molecule has 0 bridgehead atoms. The summed E-state index contributed by atoms with van der Waals surface area (Å²) in [5.41, 5.74) is 2.57. The lowest BCUT2D eigenvalue weighted by atomic mass is 10.1. The lowest BCUT2D eigenvalue weighted by molar-refractivity contribution is 0.375. The second-order valence-corrected chi connectivity index (χ2v) is 6.62. The minimum Gasteiger partial charge on any atom is -0.504 e. The topological polar surface area (TPSA) is 32.7 Å². The summed E-state index contributed by atoms with van der Waals surface area (Å²) in [6.45, 7) is 3.02. The molecule has 2 aromatic rings. The molecular weight excluding hydrogens is 281 g/mol. The standard InChI is InChI=1S/C17H22NO2P/c1-12-7-5-8-13(11-18(2)3)17(12)21-15-10-6-9-14(20-4)16(15)19/h5-10,19,21H,11H2,1-4H3. The van der Waals surface area contributed by atoms with Crippen molar-refractivity contribution in [3.63, 3.8) is 0 Å². The monoisotopic (exact) mass is 303 g/mol. The Labute approximate surface area is 128 Å². The number of methoxy groups -OCH3 is 1. The van der Waals surface area contributed by atoms with Gasteiger partial charge < -0.3 is 14.7 Å². The Morgan fingerprint density at radius 2 is 1.86 bits per heavy atom. The number of rotatable bonds is 5. The fourth-order valence-corrected chi connectivity index (χ4v) is 3.60. The van der Waals surface area contributed by atoms with E-state index in [2.05, 4.69) is 44.1 Å². The first-order valence-electron chi connectivity index (χ1n) is 6.89. The van der Waals surface area contributed by atoms with Crippen molar-refractivity contribution in [3.8, 4) is 11.5 Å². The molecule has 0 amide bonds. The molecule has 112 valence electrons. The average Bonchev–Trinajstić information content (AvgIpc) is 2.44. The van der Waals surface area contributed by atoms with Gasteiger partial charge in [-0.05, 0) is 43.5 Å². The highest BCUT2D eigenvalue weighted by atomic mass is 31.1. The molecule has 0 spiro atoms. The maximum absolute atomic E-state index is 10.3. The van der Waals surface area contributed by atoms with Gasteiger partial charge in [0.25, 0.3) is 0 Å². The first-order chi connectivity index (χ1) is 10.0. The molecule has 1 N–H and O–H groups in total. The highest BCUT2D eigenvalue weighted by molar-refractivity contribution is 7.56. The fraction of sp³-hybridized carbons (Fsp3) is 0.294. The van der Waals surface area contributed by atoms with Crippen molar-refractivity contribution in [1.29, 1.82) is 0 Å². The zero-order valence-electron chi connectivity index (χ0n) is 13.0. The van der Waals surface area contributed by atoms with Crippen LogP contribution in [0, 0.1) is 6.92 Å². The molecule has 0 aliphatic heterocycles. The van der Waals surface area contributed by atoms with Gasteiger partial charge in [-0.1, -0.05) is 38.9 Å². The number of para-hydroxylation sites is 1. The third-order valence-corrected chi connectivity index (χ3v) is 4.96. The maximum atomic E-state index is 10.3. The SMILES string of the molecule is COc1cccc(Pc2c(C)cccc2CN(C)C)c1O. The van der Waals surface area contributed by atoms with Gasteiger partial charge in [-0.2, -0.15) is 0 Å². The Kier molecular flexibility index (Phi) is 5.22. The summed E-state index contributed by atoms with van der Waals surface area (Å²) in [5, 5.41) is 12.5. The zero-order valence-corrected chi connectivity index (χ0v) is 14.0. The second kappa shape index (κ2) is 6.93. The van der Waals surface area contributed by atoms with E-state index in [4.69, 9.17) is 4.74 Å². The molecule has 1 atom stereocenters. The Hall–Kier alpha value is -1.57. The van der Waals surface area contributed by atoms with Gasteiger partial charge in [0.1, 0.15) is 0 Å². The van der Waals surface area contributed by atoms with Crippen molar-refractivity contribution in [3.05, 3.63) is 47.5 Å². The first kappa shape index (κ1) is 15.8. The van der Waals surface area contributed by atoms with Crippen LogP contribution in [0.5, 0.6) is 11.5 Å². The van der Waals surface area contributed by atoms with Crippen molar-refractivity contribution in [2.75, 3.05) is 21.2 Å². The lowest BCUT2D eigenvalue weighted by Gasteiger charge is -2.17. The summed E-state index contributed by atoms with van der Waals surface area (Å²) in [6, 6.07) is 12.0. The molecular formula is C17H22NO2P. The molecule has 1 unspecified atom stereocenters. The summed E-state index contributed by atoms with van der Waals surface area (Å²) in [5.74, 6) is 0.778. The van der Waals surface area contributed by atoms with Crippen molar-refractivity contribution in [1.82, 2.24) is 4.90 Å². The third kappa shape index (κ3) is 3.75.